The van der Waals surface area contributed by atoms with Gasteiger partial charge < -0.3 is 34.3 Å². The van der Waals surface area contributed by atoms with Gasteiger partial charge in [-0.15, -0.1) is 0 Å². The van der Waals surface area contributed by atoms with Crippen molar-refractivity contribution in [2.45, 2.75) is 166 Å². The maximum Gasteiger partial charge on any atom is 0.397 e. The highest BCUT2D eigenvalue weighted by Gasteiger charge is 2.48. The molecule has 0 aromatic heterocycles. The van der Waals surface area contributed by atoms with E-state index in [9.17, 15) is 28.5 Å². The predicted molar refractivity (Wildman–Crippen MR) is 229 cm³/mol. The van der Waals surface area contributed by atoms with Crippen LogP contribution in [0, 0.1) is 0 Å². The molecule has 1 aliphatic heterocycles. The largest absolute Gasteiger partial charge is 0.457 e. The van der Waals surface area contributed by atoms with Gasteiger partial charge in [0.1, 0.15) is 30.5 Å². The highest BCUT2D eigenvalue weighted by atomic mass is 32.3. The van der Waals surface area contributed by atoms with Gasteiger partial charge in [-0.3, -0.25) is 9.35 Å². The summed E-state index contributed by atoms with van der Waals surface area (Å²) in [6.07, 6.45) is 37.8. The summed E-state index contributed by atoms with van der Waals surface area (Å²) in [5.74, 6) is -0.443. The van der Waals surface area contributed by atoms with Crippen molar-refractivity contribution in [2.75, 3.05) is 26.4 Å². The van der Waals surface area contributed by atoms with E-state index in [0.29, 0.717) is 19.4 Å². The Balaban J connectivity index is 2.54. The summed E-state index contributed by atoms with van der Waals surface area (Å²) >= 11 is 0. The number of aliphatic hydroxyl groups excluding tert-OH is 3. The zero-order chi connectivity index (χ0) is 42.5. The lowest BCUT2D eigenvalue weighted by Gasteiger charge is -2.41. The van der Waals surface area contributed by atoms with Crippen molar-refractivity contribution in [3.05, 3.63) is 85.1 Å². The number of ether oxygens (including phenoxy) is 4. The van der Waals surface area contributed by atoms with Crippen molar-refractivity contribution in [3.8, 4) is 0 Å². The molecule has 58 heavy (non-hydrogen) atoms. The van der Waals surface area contributed by atoms with Gasteiger partial charge in [0.25, 0.3) is 0 Å². The van der Waals surface area contributed by atoms with E-state index in [1.54, 1.807) is 0 Å². The molecule has 1 fully saturated rings. The minimum Gasteiger partial charge on any atom is -0.457 e. The molecule has 1 rings (SSSR count). The Hall–Kier alpha value is -2.72. The first kappa shape index (κ1) is 53.3. The fraction of sp³-hybridized carbons (Fsp3) is 0.667. The molecule has 0 amide bonds. The third-order valence-electron chi connectivity index (χ3n) is 9.02. The monoisotopic (exact) mass is 838 g/mol. The number of esters is 1. The van der Waals surface area contributed by atoms with Crippen molar-refractivity contribution < 1.29 is 56.2 Å². The van der Waals surface area contributed by atoms with Crippen LogP contribution in [0.3, 0.4) is 0 Å². The van der Waals surface area contributed by atoms with E-state index in [1.165, 1.54) is 19.3 Å². The molecule has 6 unspecified atom stereocenters. The quantitative estimate of drug-likeness (QED) is 0.0207. The van der Waals surface area contributed by atoms with Crippen LogP contribution in [0.4, 0.5) is 0 Å². The van der Waals surface area contributed by atoms with Gasteiger partial charge in [0.05, 0.1) is 26.4 Å². The third-order valence-corrected chi connectivity index (χ3v) is 9.49. The van der Waals surface area contributed by atoms with Gasteiger partial charge in [0.2, 0.25) is 0 Å². The smallest absolute Gasteiger partial charge is 0.397 e. The minimum atomic E-state index is -5.08. The lowest BCUT2D eigenvalue weighted by Crippen LogP contribution is -2.60. The molecular weight excluding hydrogens is 765 g/mol. The van der Waals surface area contributed by atoms with Gasteiger partial charge in [-0.05, 0) is 77.0 Å². The minimum absolute atomic E-state index is 0.0293. The molecule has 0 spiro atoms. The molecule has 13 heteroatoms. The second-order valence-corrected chi connectivity index (χ2v) is 15.2. The Bertz CT molecular complexity index is 1340. The molecule has 6 atom stereocenters. The zero-order valence-corrected chi connectivity index (χ0v) is 35.9. The standard InChI is InChI=1S/C45H74O12S/c1-3-5-7-9-11-13-15-17-19-21-23-25-27-29-31-33-35-53-37-39(38-54-45-43(49)44(57-58(50,51)52)42(48)40(36-46)56-45)55-41(47)34-32-30-28-26-24-22-20-18-16-14-12-10-8-6-4-2/h5,7,11-14,17-20,23,25,29,31,39-40,42-46,48-49H,3-4,6,8-10,15-16,21-22,24,26-28,30,32-38H2,1-2H3,(H,50,51,52)/b7-5-,13-11-,14-12-,19-17-,20-18-,25-23-,31-29-. The van der Waals surface area contributed by atoms with Crippen LogP contribution in [0.15, 0.2) is 85.1 Å². The summed E-state index contributed by atoms with van der Waals surface area (Å²) in [4.78, 5) is 12.8. The lowest BCUT2D eigenvalue weighted by molar-refractivity contribution is -0.301. The SMILES string of the molecule is CC/C=C\C/C=C\C/C=C\C/C=C\C/C=C\CCOCC(COC1OC(CO)C(O)C(OS(=O)(=O)O)C1O)OC(=O)CCCCCCC/C=C\C/C=C\CCCCC. The van der Waals surface area contributed by atoms with E-state index in [-0.39, 0.29) is 19.6 Å². The summed E-state index contributed by atoms with van der Waals surface area (Å²) in [7, 11) is -5.08. The molecule has 0 radical (unpaired) electrons. The highest BCUT2D eigenvalue weighted by Crippen LogP contribution is 2.26. The molecule has 4 N–H and O–H groups in total. The Morgan fingerprint density at radius 2 is 1.19 bits per heavy atom. The van der Waals surface area contributed by atoms with Gasteiger partial charge >= 0.3 is 16.4 Å². The molecular formula is C45H74O12S. The van der Waals surface area contributed by atoms with E-state index in [0.717, 1.165) is 77.0 Å². The summed E-state index contributed by atoms with van der Waals surface area (Å²) in [5, 5.41) is 30.6. The predicted octanol–water partition coefficient (Wildman–Crippen LogP) is 8.51. The Morgan fingerprint density at radius 1 is 0.672 bits per heavy atom. The van der Waals surface area contributed by atoms with E-state index >= 15 is 0 Å². The molecule has 0 bridgehead atoms. The van der Waals surface area contributed by atoms with E-state index < -0.39 is 59.8 Å². The molecule has 0 saturated carbocycles. The normalized spacial score (nSPS) is 21.4. The Morgan fingerprint density at radius 3 is 1.74 bits per heavy atom. The van der Waals surface area contributed by atoms with Crippen LogP contribution in [0.25, 0.3) is 0 Å². The maximum atomic E-state index is 12.8. The summed E-state index contributed by atoms with van der Waals surface area (Å²) in [6.45, 7) is 3.57. The van der Waals surface area contributed by atoms with E-state index in [4.69, 9.17) is 23.5 Å². The third kappa shape index (κ3) is 29.5. The summed E-state index contributed by atoms with van der Waals surface area (Å²) < 4.78 is 58.8. The number of carbonyl (C=O) groups is 1. The number of hydrogen-bond acceptors (Lipinski definition) is 11. The summed E-state index contributed by atoms with van der Waals surface area (Å²) in [6, 6.07) is 0. The van der Waals surface area contributed by atoms with E-state index in [2.05, 4.69) is 90.9 Å². The average Bonchev–Trinajstić information content (AvgIpc) is 3.19. The highest BCUT2D eigenvalue weighted by molar-refractivity contribution is 7.80. The molecule has 0 aromatic rings. The molecule has 0 aromatic carbocycles. The number of allylic oxidation sites excluding steroid dienone is 13. The zero-order valence-electron chi connectivity index (χ0n) is 35.1. The second-order valence-electron chi connectivity index (χ2n) is 14.2. The van der Waals surface area contributed by atoms with Crippen LogP contribution >= 0.6 is 0 Å². The molecule has 0 aliphatic carbocycles. The average molecular weight is 839 g/mol. The first-order chi connectivity index (χ1) is 28.1. The number of carbonyl (C=O) groups excluding carboxylic acids is 1. The topological polar surface area (TPSA) is 178 Å². The molecule has 12 nitrogen and oxygen atoms in total. The molecule has 1 heterocycles. The van der Waals surface area contributed by atoms with Crippen LogP contribution in [-0.2, 0) is 38.3 Å². The fourth-order valence-electron chi connectivity index (χ4n) is 5.82. The number of unbranched alkanes of at least 4 members (excludes halogenated alkanes) is 8. The molecule has 1 aliphatic rings. The summed E-state index contributed by atoms with van der Waals surface area (Å²) in [5.41, 5.74) is 0. The van der Waals surface area contributed by atoms with E-state index in [1.807, 2.05) is 12.2 Å². The lowest BCUT2D eigenvalue weighted by atomic mass is 9.99. The first-order valence-corrected chi connectivity index (χ1v) is 22.7. The van der Waals surface area contributed by atoms with Crippen LogP contribution in [-0.4, -0.2) is 97.5 Å². The van der Waals surface area contributed by atoms with Crippen LogP contribution in [0.1, 0.15) is 129 Å². The van der Waals surface area contributed by atoms with Crippen LogP contribution < -0.4 is 0 Å². The van der Waals surface area contributed by atoms with Crippen molar-refractivity contribution in [2.24, 2.45) is 0 Å². The van der Waals surface area contributed by atoms with Crippen LogP contribution in [0.5, 0.6) is 0 Å². The molecule has 1 saturated heterocycles. The van der Waals surface area contributed by atoms with Crippen LogP contribution in [0.2, 0.25) is 0 Å². The second kappa shape index (κ2) is 36.2. The van der Waals surface area contributed by atoms with Gasteiger partial charge in [-0.2, -0.15) is 8.42 Å². The number of hydrogen-bond donors (Lipinski definition) is 4. The Labute approximate surface area is 349 Å². The molecule has 332 valence electrons. The van der Waals surface area contributed by atoms with Gasteiger partial charge in [-0.25, -0.2) is 4.18 Å². The van der Waals surface area contributed by atoms with Gasteiger partial charge in [0, 0.05) is 6.42 Å². The number of aliphatic hydroxyl groups is 3. The van der Waals surface area contributed by atoms with Gasteiger partial charge in [0.15, 0.2) is 6.29 Å². The first-order valence-electron chi connectivity index (χ1n) is 21.3. The Kier molecular flexibility index (Phi) is 33.2. The maximum absolute atomic E-state index is 12.8. The van der Waals surface area contributed by atoms with Crippen molar-refractivity contribution >= 4 is 16.4 Å². The van der Waals surface area contributed by atoms with Crippen molar-refractivity contribution in [3.63, 3.8) is 0 Å². The van der Waals surface area contributed by atoms with Gasteiger partial charge in [-0.1, -0.05) is 131 Å². The van der Waals surface area contributed by atoms with Crippen molar-refractivity contribution in [1.82, 2.24) is 0 Å². The number of rotatable bonds is 35. The van der Waals surface area contributed by atoms with Crippen molar-refractivity contribution in [1.29, 1.82) is 0 Å². The fourth-order valence-corrected chi connectivity index (χ4v) is 6.33.